The molecule has 0 aliphatic rings. The average Bonchev–Trinajstić information content (AvgIpc) is 2.46. The number of benzene rings is 1. The summed E-state index contributed by atoms with van der Waals surface area (Å²) in [6.07, 6.45) is 3.84. The molecule has 3 nitrogen and oxygen atoms in total. The molecular formula is C15H15NO2. The van der Waals surface area contributed by atoms with E-state index in [9.17, 15) is 4.79 Å². The van der Waals surface area contributed by atoms with Crippen LogP contribution in [0.5, 0.6) is 0 Å². The monoisotopic (exact) mass is 241 g/mol. The van der Waals surface area contributed by atoms with Gasteiger partial charge in [-0.15, -0.1) is 0 Å². The van der Waals surface area contributed by atoms with Gasteiger partial charge in [0.25, 0.3) is 0 Å². The Morgan fingerprint density at radius 3 is 2.50 bits per heavy atom. The predicted molar refractivity (Wildman–Crippen MR) is 69.2 cm³/mol. The van der Waals surface area contributed by atoms with E-state index in [0.29, 0.717) is 6.42 Å². The van der Waals surface area contributed by atoms with Crippen LogP contribution < -0.4 is 0 Å². The summed E-state index contributed by atoms with van der Waals surface area (Å²) in [6.45, 7) is 0. The third-order valence-electron chi connectivity index (χ3n) is 2.89. The largest absolute Gasteiger partial charge is 0.469 e. The first-order chi connectivity index (χ1) is 8.81. The van der Waals surface area contributed by atoms with Crippen LogP contribution in [0.1, 0.15) is 23.5 Å². The molecule has 18 heavy (non-hydrogen) atoms. The number of rotatable bonds is 4. The van der Waals surface area contributed by atoms with Gasteiger partial charge in [0.2, 0.25) is 0 Å². The number of pyridine rings is 1. The second-order valence-corrected chi connectivity index (χ2v) is 4.03. The minimum absolute atomic E-state index is 0.00708. The van der Waals surface area contributed by atoms with E-state index in [0.717, 1.165) is 11.1 Å². The Balaban J connectivity index is 2.32. The fourth-order valence-corrected chi connectivity index (χ4v) is 1.95. The van der Waals surface area contributed by atoms with Gasteiger partial charge < -0.3 is 4.74 Å². The fraction of sp³-hybridized carbons (Fsp3) is 0.200. The van der Waals surface area contributed by atoms with E-state index in [1.54, 1.807) is 12.4 Å². The minimum atomic E-state index is -0.215. The van der Waals surface area contributed by atoms with Crippen molar-refractivity contribution in [3.05, 3.63) is 66.0 Å². The fourth-order valence-electron chi connectivity index (χ4n) is 1.95. The van der Waals surface area contributed by atoms with Crippen molar-refractivity contribution >= 4 is 5.97 Å². The molecule has 0 bridgehead atoms. The molecule has 0 aliphatic heterocycles. The van der Waals surface area contributed by atoms with Crippen LogP contribution in [0.25, 0.3) is 0 Å². The molecule has 0 unspecified atom stereocenters. The van der Waals surface area contributed by atoms with E-state index >= 15 is 0 Å². The summed E-state index contributed by atoms with van der Waals surface area (Å²) < 4.78 is 4.76. The summed E-state index contributed by atoms with van der Waals surface area (Å²) >= 11 is 0. The highest BCUT2D eigenvalue weighted by molar-refractivity contribution is 5.71. The van der Waals surface area contributed by atoms with Gasteiger partial charge in [-0.2, -0.15) is 0 Å². The second kappa shape index (κ2) is 5.96. The Hall–Kier alpha value is -2.16. The summed E-state index contributed by atoms with van der Waals surface area (Å²) in [5.74, 6) is -0.222. The van der Waals surface area contributed by atoms with Gasteiger partial charge in [0, 0.05) is 18.3 Å². The zero-order valence-corrected chi connectivity index (χ0v) is 10.2. The number of nitrogens with zero attached hydrogens (tertiary/aromatic N) is 1. The number of carbonyl (C=O) groups excluding carboxylic acids is 1. The Bertz CT molecular complexity index is 457. The Kier molecular flexibility index (Phi) is 4.07. The number of ether oxygens (including phenoxy) is 1. The van der Waals surface area contributed by atoms with E-state index in [2.05, 4.69) is 4.98 Å². The highest BCUT2D eigenvalue weighted by Crippen LogP contribution is 2.27. The summed E-state index contributed by atoms with van der Waals surface area (Å²) in [5, 5.41) is 0. The summed E-state index contributed by atoms with van der Waals surface area (Å²) in [6, 6.07) is 13.8. The van der Waals surface area contributed by atoms with Gasteiger partial charge >= 0.3 is 5.97 Å². The zero-order chi connectivity index (χ0) is 12.8. The average molecular weight is 241 g/mol. The normalized spacial score (nSPS) is 11.8. The molecule has 0 amide bonds. The number of aromatic nitrogens is 1. The molecule has 1 heterocycles. The van der Waals surface area contributed by atoms with Crippen molar-refractivity contribution in [2.45, 2.75) is 12.3 Å². The lowest BCUT2D eigenvalue weighted by atomic mass is 9.90. The lowest BCUT2D eigenvalue weighted by molar-refractivity contribution is -0.140. The van der Waals surface area contributed by atoms with Crippen LogP contribution in [-0.4, -0.2) is 18.1 Å². The van der Waals surface area contributed by atoms with Crippen molar-refractivity contribution in [3.63, 3.8) is 0 Å². The highest BCUT2D eigenvalue weighted by Gasteiger charge is 2.18. The minimum Gasteiger partial charge on any atom is -0.469 e. The number of carbonyl (C=O) groups is 1. The lowest BCUT2D eigenvalue weighted by Crippen LogP contribution is -2.10. The number of methoxy groups -OCH3 is 1. The van der Waals surface area contributed by atoms with Gasteiger partial charge in [-0.05, 0) is 17.2 Å². The van der Waals surface area contributed by atoms with Crippen molar-refractivity contribution in [1.29, 1.82) is 0 Å². The molecule has 0 saturated heterocycles. The lowest BCUT2D eigenvalue weighted by Gasteiger charge is -2.16. The maximum Gasteiger partial charge on any atom is 0.306 e. The molecule has 0 radical (unpaired) electrons. The molecule has 2 rings (SSSR count). The molecule has 0 saturated carbocycles. The molecule has 0 aliphatic carbocycles. The van der Waals surface area contributed by atoms with Gasteiger partial charge in [0.1, 0.15) is 0 Å². The smallest absolute Gasteiger partial charge is 0.306 e. The van der Waals surface area contributed by atoms with E-state index in [-0.39, 0.29) is 11.9 Å². The van der Waals surface area contributed by atoms with Gasteiger partial charge in [-0.3, -0.25) is 9.78 Å². The SMILES string of the molecule is COC(=O)C[C@H](c1ccccc1)c1cccnc1. The zero-order valence-electron chi connectivity index (χ0n) is 10.2. The molecule has 92 valence electrons. The first kappa shape index (κ1) is 12.3. The van der Waals surface area contributed by atoms with Crippen LogP contribution in [-0.2, 0) is 9.53 Å². The maximum absolute atomic E-state index is 11.5. The van der Waals surface area contributed by atoms with Crippen LogP contribution in [0.15, 0.2) is 54.9 Å². The van der Waals surface area contributed by atoms with E-state index < -0.39 is 0 Å². The second-order valence-electron chi connectivity index (χ2n) is 4.03. The summed E-state index contributed by atoms with van der Waals surface area (Å²) in [7, 11) is 1.41. The number of esters is 1. The van der Waals surface area contributed by atoms with Gasteiger partial charge in [0.05, 0.1) is 13.5 Å². The van der Waals surface area contributed by atoms with Crippen LogP contribution >= 0.6 is 0 Å². The topological polar surface area (TPSA) is 39.2 Å². The van der Waals surface area contributed by atoms with Crippen molar-refractivity contribution < 1.29 is 9.53 Å². The van der Waals surface area contributed by atoms with Crippen molar-refractivity contribution in [2.75, 3.05) is 7.11 Å². The van der Waals surface area contributed by atoms with Crippen LogP contribution in [0.4, 0.5) is 0 Å². The van der Waals surface area contributed by atoms with Gasteiger partial charge in [-0.1, -0.05) is 36.4 Å². The van der Waals surface area contributed by atoms with Crippen LogP contribution in [0, 0.1) is 0 Å². The quantitative estimate of drug-likeness (QED) is 0.773. The maximum atomic E-state index is 11.5. The number of hydrogen-bond acceptors (Lipinski definition) is 3. The van der Waals surface area contributed by atoms with E-state index in [1.165, 1.54) is 7.11 Å². The van der Waals surface area contributed by atoms with Crippen molar-refractivity contribution in [2.24, 2.45) is 0 Å². The molecule has 1 aromatic heterocycles. The third kappa shape index (κ3) is 2.94. The molecule has 0 fully saturated rings. The first-order valence-electron chi connectivity index (χ1n) is 5.83. The molecule has 1 aromatic carbocycles. The number of hydrogen-bond donors (Lipinski definition) is 0. The summed E-state index contributed by atoms with van der Waals surface area (Å²) in [4.78, 5) is 15.6. The van der Waals surface area contributed by atoms with Crippen LogP contribution in [0.2, 0.25) is 0 Å². The first-order valence-corrected chi connectivity index (χ1v) is 5.83. The predicted octanol–water partition coefficient (Wildman–Crippen LogP) is 2.78. The van der Waals surface area contributed by atoms with E-state index in [4.69, 9.17) is 4.74 Å². The molecule has 1 atom stereocenters. The third-order valence-corrected chi connectivity index (χ3v) is 2.89. The van der Waals surface area contributed by atoms with Crippen LogP contribution in [0.3, 0.4) is 0 Å². The van der Waals surface area contributed by atoms with E-state index in [1.807, 2.05) is 42.5 Å². The molecule has 3 heteroatoms. The van der Waals surface area contributed by atoms with Crippen molar-refractivity contribution in [3.8, 4) is 0 Å². The Labute approximate surface area is 106 Å². The standard InChI is InChI=1S/C15H15NO2/c1-18-15(17)10-14(12-6-3-2-4-7-12)13-8-5-9-16-11-13/h2-9,11,14H,10H2,1H3/t14-/m1/s1. The Morgan fingerprint density at radius 1 is 1.17 bits per heavy atom. The highest BCUT2D eigenvalue weighted by atomic mass is 16.5. The molecule has 0 N–H and O–H groups in total. The molecular weight excluding hydrogens is 226 g/mol. The Morgan fingerprint density at radius 2 is 1.89 bits per heavy atom. The van der Waals surface area contributed by atoms with Gasteiger partial charge in [0.15, 0.2) is 0 Å². The molecule has 0 spiro atoms. The summed E-state index contributed by atoms with van der Waals surface area (Å²) in [5.41, 5.74) is 2.12. The molecule has 2 aromatic rings. The van der Waals surface area contributed by atoms with Crippen molar-refractivity contribution in [1.82, 2.24) is 4.98 Å². The van der Waals surface area contributed by atoms with Gasteiger partial charge in [-0.25, -0.2) is 0 Å².